The molecular weight excluding hydrogens is 504 g/mol. The van der Waals surface area contributed by atoms with Crippen LogP contribution in [0.2, 0.25) is 0 Å². The number of amides is 2. The van der Waals surface area contributed by atoms with Crippen molar-refractivity contribution in [2.45, 2.75) is 31.3 Å². The van der Waals surface area contributed by atoms with E-state index in [1.54, 1.807) is 0 Å². The summed E-state index contributed by atoms with van der Waals surface area (Å²) in [4.78, 5) is 43.7. The normalized spacial score (nSPS) is 20.2. The number of aliphatic hydroxyl groups is 1. The molecule has 34 heavy (non-hydrogen) atoms. The Morgan fingerprint density at radius 2 is 2.18 bits per heavy atom. The predicted octanol–water partition coefficient (Wildman–Crippen LogP) is -0.465. The Hall–Kier alpha value is -3.01. The fourth-order valence-electron chi connectivity index (χ4n) is 3.78. The number of anilines is 1. The molecule has 15 heteroatoms. The Bertz CT molecular complexity index is 1220. The molecule has 0 aliphatic carbocycles. The first-order valence-electron chi connectivity index (χ1n) is 9.98. The maximum atomic E-state index is 12.9. The first-order chi connectivity index (χ1) is 16.3. The van der Waals surface area contributed by atoms with Crippen molar-refractivity contribution >= 4 is 63.1 Å². The number of nitrogens with zero attached hydrogens (tertiary/aromatic N) is 4. The van der Waals surface area contributed by atoms with Crippen molar-refractivity contribution in [1.29, 1.82) is 0 Å². The highest BCUT2D eigenvalue weighted by Gasteiger charge is 2.54. The van der Waals surface area contributed by atoms with E-state index in [0.717, 1.165) is 21.9 Å². The molecule has 6 N–H and O–H groups in total. The zero-order valence-electron chi connectivity index (χ0n) is 17.8. The Balaban J connectivity index is 1.52. The first kappa shape index (κ1) is 24.1. The highest BCUT2D eigenvalue weighted by molar-refractivity contribution is 8.00. The average Bonchev–Trinajstić information content (AvgIpc) is 3.38. The molecule has 4 rings (SSSR count). The van der Waals surface area contributed by atoms with Crippen molar-refractivity contribution in [1.82, 2.24) is 15.2 Å². The fourth-order valence-corrected chi connectivity index (χ4v) is 6.65. The number of carboxylic acid groups (broad SMARTS) is 1. The van der Waals surface area contributed by atoms with Crippen LogP contribution in [0.3, 0.4) is 0 Å². The number of thiazole rings is 2. The van der Waals surface area contributed by atoms with Crippen molar-refractivity contribution in [2.75, 3.05) is 18.1 Å². The number of aliphatic hydroxyl groups excluding tert-OH is 1. The highest BCUT2D eigenvalue weighted by Crippen LogP contribution is 2.40. The maximum absolute atomic E-state index is 12.9. The molecule has 0 aromatic carbocycles. The van der Waals surface area contributed by atoms with Gasteiger partial charge in [-0.3, -0.25) is 14.5 Å². The molecule has 1 fully saturated rings. The van der Waals surface area contributed by atoms with E-state index in [-0.39, 0.29) is 23.1 Å². The number of aliphatic carboxylic acids is 1. The number of oxime groups is 1. The largest absolute Gasteiger partial charge is 0.477 e. The van der Waals surface area contributed by atoms with Gasteiger partial charge in [-0.1, -0.05) is 16.5 Å². The van der Waals surface area contributed by atoms with Crippen LogP contribution in [0.1, 0.15) is 16.3 Å². The Morgan fingerprint density at radius 1 is 1.41 bits per heavy atom. The third-order valence-corrected chi connectivity index (χ3v) is 8.63. The molecule has 0 unspecified atom stereocenters. The van der Waals surface area contributed by atoms with Gasteiger partial charge in [0.1, 0.15) is 22.8 Å². The van der Waals surface area contributed by atoms with Gasteiger partial charge in [0.2, 0.25) is 5.51 Å². The zero-order chi connectivity index (χ0) is 24.6. The number of carbonyl (C=O) groups excluding carboxylic acids is 2. The SMILES string of the molecule is Cc1c(CCO)sc[n+]1CC1=C(C(=O)O)N2C(=O)[C@@H](NC(=O)/C(=N\O)c3csc(N)n3)[C@H]2SC1. The third-order valence-electron chi connectivity index (χ3n) is 5.47. The minimum absolute atomic E-state index is 0.0237. The molecule has 1 saturated heterocycles. The Morgan fingerprint density at radius 3 is 2.79 bits per heavy atom. The number of carboxylic acids is 1. The van der Waals surface area contributed by atoms with Crippen molar-refractivity contribution in [3.8, 4) is 0 Å². The van der Waals surface area contributed by atoms with Gasteiger partial charge in [-0.05, 0) is 0 Å². The number of nitrogen functional groups attached to an aromatic ring is 1. The van der Waals surface area contributed by atoms with Gasteiger partial charge in [0.25, 0.3) is 11.8 Å². The van der Waals surface area contributed by atoms with Crippen LogP contribution in [0.5, 0.6) is 0 Å². The number of carbonyl (C=O) groups is 3. The van der Waals surface area contributed by atoms with E-state index in [9.17, 15) is 29.8 Å². The number of hydrogen-bond acceptors (Lipinski definition) is 11. The number of hydrogen-bond donors (Lipinski definition) is 5. The van der Waals surface area contributed by atoms with Crippen LogP contribution in [0.25, 0.3) is 0 Å². The number of fused-ring (bicyclic) bond motifs is 1. The fraction of sp³-hybridized carbons (Fsp3) is 0.368. The van der Waals surface area contributed by atoms with E-state index in [1.807, 2.05) is 17.0 Å². The molecule has 2 amide bonds. The van der Waals surface area contributed by atoms with E-state index in [2.05, 4.69) is 15.5 Å². The second kappa shape index (κ2) is 9.69. The summed E-state index contributed by atoms with van der Waals surface area (Å²) < 4.78 is 1.90. The van der Waals surface area contributed by atoms with Gasteiger partial charge in [-0.25, -0.2) is 9.78 Å². The standard InChI is InChI=1S/C19H20N6O6S3/c1-8-11(2-3-26)34-7-24(8)4-9-5-32-17-13(16(28)25(17)14(9)18(29)30)22-15(27)12(23-31)10-6-33-19(20)21-10/h6-7,13,17,26H,2-5H2,1H3,(H4-,20,21,22,27,29,30,31)/p+1/t13-,17-/m1/s1. The average molecular weight is 526 g/mol. The van der Waals surface area contributed by atoms with Gasteiger partial charge < -0.3 is 26.5 Å². The number of nitrogens with two attached hydrogens (primary N) is 1. The van der Waals surface area contributed by atoms with E-state index in [4.69, 9.17) is 5.73 Å². The lowest BCUT2D eigenvalue weighted by Crippen LogP contribution is -2.71. The van der Waals surface area contributed by atoms with E-state index < -0.39 is 34.9 Å². The Labute approximate surface area is 205 Å². The third kappa shape index (κ3) is 4.26. The summed E-state index contributed by atoms with van der Waals surface area (Å²) in [6.45, 7) is 2.22. The lowest BCUT2D eigenvalue weighted by molar-refractivity contribution is -0.690. The summed E-state index contributed by atoms with van der Waals surface area (Å²) in [5.74, 6) is -2.26. The van der Waals surface area contributed by atoms with Gasteiger partial charge in [0.05, 0.1) is 4.88 Å². The van der Waals surface area contributed by atoms with E-state index in [0.29, 0.717) is 24.3 Å². The van der Waals surface area contributed by atoms with Crippen LogP contribution in [0.4, 0.5) is 5.13 Å². The van der Waals surface area contributed by atoms with Gasteiger partial charge in [-0.2, -0.15) is 4.57 Å². The minimum atomic E-state index is -1.22. The van der Waals surface area contributed by atoms with Crippen LogP contribution in [-0.2, 0) is 27.3 Å². The second-order valence-electron chi connectivity index (χ2n) is 7.47. The smallest absolute Gasteiger partial charge is 0.352 e. The zero-order valence-corrected chi connectivity index (χ0v) is 20.2. The molecule has 180 valence electrons. The van der Waals surface area contributed by atoms with Crippen molar-refractivity contribution in [2.24, 2.45) is 5.16 Å². The molecule has 2 aliphatic heterocycles. The summed E-state index contributed by atoms with van der Waals surface area (Å²) in [5.41, 5.74) is 8.52. The van der Waals surface area contributed by atoms with Crippen molar-refractivity contribution < 1.29 is 34.4 Å². The number of nitrogens with one attached hydrogen (secondary N) is 1. The molecule has 0 saturated carbocycles. The molecule has 12 nitrogen and oxygen atoms in total. The van der Waals surface area contributed by atoms with E-state index >= 15 is 0 Å². The lowest BCUT2D eigenvalue weighted by atomic mass is 10.0. The topological polar surface area (TPSA) is 182 Å². The molecule has 2 aromatic heterocycles. The Kier molecular flexibility index (Phi) is 6.88. The lowest BCUT2D eigenvalue weighted by Gasteiger charge is -2.49. The number of thioether (sulfide) groups is 1. The quantitative estimate of drug-likeness (QED) is 0.100. The van der Waals surface area contributed by atoms with Crippen LogP contribution in [-0.4, -0.2) is 72.6 Å². The summed E-state index contributed by atoms with van der Waals surface area (Å²) in [5, 5.41) is 34.8. The molecule has 0 radical (unpaired) electrons. The van der Waals surface area contributed by atoms with Crippen molar-refractivity contribution in [3.05, 3.63) is 38.4 Å². The maximum Gasteiger partial charge on any atom is 0.352 e. The van der Waals surface area contributed by atoms with Crippen LogP contribution in [0.15, 0.2) is 27.3 Å². The van der Waals surface area contributed by atoms with Gasteiger partial charge in [0, 0.05) is 36.7 Å². The minimum Gasteiger partial charge on any atom is -0.477 e. The second-order valence-corrected chi connectivity index (χ2v) is 10.4. The molecule has 2 aromatic rings. The van der Waals surface area contributed by atoms with E-state index in [1.165, 1.54) is 33.4 Å². The molecule has 4 heterocycles. The number of rotatable bonds is 8. The van der Waals surface area contributed by atoms with Gasteiger partial charge >= 0.3 is 5.97 Å². The summed E-state index contributed by atoms with van der Waals surface area (Å²) in [6, 6.07) is -0.979. The molecule has 0 spiro atoms. The highest BCUT2D eigenvalue weighted by atomic mass is 32.2. The molecule has 2 atom stereocenters. The summed E-state index contributed by atoms with van der Waals surface area (Å²) >= 11 is 3.88. The van der Waals surface area contributed by atoms with Crippen molar-refractivity contribution in [3.63, 3.8) is 0 Å². The van der Waals surface area contributed by atoms with Crippen LogP contribution >= 0.6 is 34.4 Å². The molecular formula is C19H21N6O6S3+. The first-order valence-corrected chi connectivity index (χ1v) is 12.8. The number of β-lactam (4-membered cyclic amide) rings is 1. The molecule has 2 aliphatic rings. The van der Waals surface area contributed by atoms with Crippen LogP contribution in [0, 0.1) is 6.92 Å². The number of aromatic nitrogens is 2. The van der Waals surface area contributed by atoms with Gasteiger partial charge in [0.15, 0.2) is 23.1 Å². The monoisotopic (exact) mass is 525 g/mol. The summed E-state index contributed by atoms with van der Waals surface area (Å²) in [6.07, 6.45) is 0.518. The van der Waals surface area contributed by atoms with Crippen LogP contribution < -0.4 is 15.6 Å². The summed E-state index contributed by atoms with van der Waals surface area (Å²) in [7, 11) is 0. The molecule has 0 bridgehead atoms. The predicted molar refractivity (Wildman–Crippen MR) is 125 cm³/mol. The van der Waals surface area contributed by atoms with Gasteiger partial charge in [-0.15, -0.1) is 23.1 Å².